The Bertz CT molecular complexity index is 572. The molecule has 5 heteroatoms. The molecule has 3 nitrogen and oxygen atoms in total. The van der Waals surface area contributed by atoms with Gasteiger partial charge < -0.3 is 5.32 Å². The van der Waals surface area contributed by atoms with Gasteiger partial charge in [-0.1, -0.05) is 18.5 Å². The third-order valence-corrected chi connectivity index (χ3v) is 2.70. The van der Waals surface area contributed by atoms with Crippen molar-refractivity contribution >= 4 is 23.1 Å². The van der Waals surface area contributed by atoms with Gasteiger partial charge in [0.25, 0.3) is 0 Å². The molecule has 18 heavy (non-hydrogen) atoms. The maximum atomic E-state index is 13.0. The van der Waals surface area contributed by atoms with Crippen LogP contribution in [0.4, 0.5) is 15.9 Å². The Labute approximate surface area is 110 Å². The second-order valence-corrected chi connectivity index (χ2v) is 4.33. The van der Waals surface area contributed by atoms with Gasteiger partial charge in [-0.05, 0) is 25.1 Å². The van der Waals surface area contributed by atoms with Gasteiger partial charge in [0.2, 0.25) is 0 Å². The Kier molecular flexibility index (Phi) is 3.77. The maximum absolute atomic E-state index is 13.0. The number of nitrogens with one attached hydrogen (secondary N) is 1. The van der Waals surface area contributed by atoms with Crippen molar-refractivity contribution < 1.29 is 4.39 Å². The molecule has 0 saturated carbocycles. The molecule has 0 fully saturated rings. The summed E-state index contributed by atoms with van der Waals surface area (Å²) in [5.41, 5.74) is 1.58. The van der Waals surface area contributed by atoms with Crippen molar-refractivity contribution in [1.29, 1.82) is 0 Å². The molecule has 94 valence electrons. The highest BCUT2D eigenvalue weighted by Crippen LogP contribution is 2.22. The number of hydrogen-bond donors (Lipinski definition) is 1. The van der Waals surface area contributed by atoms with Crippen molar-refractivity contribution in [3.05, 3.63) is 46.6 Å². The van der Waals surface area contributed by atoms with E-state index in [1.54, 1.807) is 6.07 Å². The van der Waals surface area contributed by atoms with Gasteiger partial charge in [0, 0.05) is 23.9 Å². The predicted octanol–water partition coefficient (Wildman–Crippen LogP) is 3.88. The Morgan fingerprint density at radius 1 is 1.28 bits per heavy atom. The standard InChI is InChI=1S/C13H13ClFN3/c1-3-12-16-8(2)6-13(18-12)17-9-4-5-11(15)10(14)7-9/h4-7H,3H2,1-2H3,(H,16,17,18). The number of nitrogens with zero attached hydrogens (tertiary/aromatic N) is 2. The molecule has 0 aliphatic heterocycles. The molecule has 0 amide bonds. The van der Waals surface area contributed by atoms with Crippen molar-refractivity contribution in [3.8, 4) is 0 Å². The van der Waals surface area contributed by atoms with Gasteiger partial charge in [0.05, 0.1) is 5.02 Å². The summed E-state index contributed by atoms with van der Waals surface area (Å²) in [5, 5.41) is 3.17. The number of aryl methyl sites for hydroxylation is 2. The van der Waals surface area contributed by atoms with Crippen LogP contribution in [0.2, 0.25) is 5.02 Å². The Balaban J connectivity index is 2.27. The maximum Gasteiger partial charge on any atom is 0.141 e. The summed E-state index contributed by atoms with van der Waals surface area (Å²) in [4.78, 5) is 8.63. The van der Waals surface area contributed by atoms with Gasteiger partial charge in [-0.2, -0.15) is 0 Å². The number of rotatable bonds is 3. The zero-order chi connectivity index (χ0) is 13.1. The zero-order valence-corrected chi connectivity index (χ0v) is 10.9. The summed E-state index contributed by atoms with van der Waals surface area (Å²) in [6.45, 7) is 3.90. The van der Waals surface area contributed by atoms with Crippen LogP contribution in [0, 0.1) is 12.7 Å². The highest BCUT2D eigenvalue weighted by molar-refractivity contribution is 6.31. The summed E-state index contributed by atoms with van der Waals surface area (Å²) in [5.74, 6) is 1.02. The van der Waals surface area contributed by atoms with Gasteiger partial charge in [-0.25, -0.2) is 14.4 Å². The van der Waals surface area contributed by atoms with Gasteiger partial charge in [-0.3, -0.25) is 0 Å². The first-order valence-corrected chi connectivity index (χ1v) is 6.03. The fourth-order valence-corrected chi connectivity index (χ4v) is 1.75. The van der Waals surface area contributed by atoms with E-state index in [-0.39, 0.29) is 5.02 Å². The first-order valence-electron chi connectivity index (χ1n) is 5.65. The average Bonchev–Trinajstić information content (AvgIpc) is 2.33. The number of hydrogen-bond acceptors (Lipinski definition) is 3. The van der Waals surface area contributed by atoms with Crippen LogP contribution in [0.1, 0.15) is 18.4 Å². The number of anilines is 2. The van der Waals surface area contributed by atoms with E-state index in [2.05, 4.69) is 15.3 Å². The van der Waals surface area contributed by atoms with Crippen LogP contribution in [0.15, 0.2) is 24.3 Å². The van der Waals surface area contributed by atoms with Gasteiger partial charge in [0.1, 0.15) is 17.5 Å². The predicted molar refractivity (Wildman–Crippen MR) is 70.8 cm³/mol. The SMILES string of the molecule is CCc1nc(C)cc(Nc2ccc(F)c(Cl)c2)n1. The van der Waals surface area contributed by atoms with E-state index in [1.807, 2.05) is 19.9 Å². The molecule has 0 aliphatic rings. The molecule has 0 saturated heterocycles. The third-order valence-electron chi connectivity index (χ3n) is 2.41. The Morgan fingerprint density at radius 3 is 2.72 bits per heavy atom. The Morgan fingerprint density at radius 2 is 2.06 bits per heavy atom. The van der Waals surface area contributed by atoms with Gasteiger partial charge in [-0.15, -0.1) is 0 Å². The largest absolute Gasteiger partial charge is 0.340 e. The first kappa shape index (κ1) is 12.8. The normalized spacial score (nSPS) is 10.4. The van der Waals surface area contributed by atoms with Gasteiger partial charge >= 0.3 is 0 Å². The molecule has 0 spiro atoms. The van der Waals surface area contributed by atoms with Crippen LogP contribution in [-0.2, 0) is 6.42 Å². The topological polar surface area (TPSA) is 37.8 Å². The highest BCUT2D eigenvalue weighted by atomic mass is 35.5. The van der Waals surface area contributed by atoms with Gasteiger partial charge in [0.15, 0.2) is 0 Å². The molecule has 1 N–H and O–H groups in total. The van der Waals surface area contributed by atoms with Crippen molar-refractivity contribution in [1.82, 2.24) is 9.97 Å². The molecule has 0 radical (unpaired) electrons. The lowest BCUT2D eigenvalue weighted by Gasteiger charge is -2.08. The second kappa shape index (κ2) is 5.31. The number of benzene rings is 1. The van der Waals surface area contributed by atoms with E-state index in [0.717, 1.165) is 17.9 Å². The van der Waals surface area contributed by atoms with Crippen LogP contribution < -0.4 is 5.32 Å². The highest BCUT2D eigenvalue weighted by Gasteiger charge is 2.04. The summed E-state index contributed by atoms with van der Waals surface area (Å²) >= 11 is 5.72. The molecular weight excluding hydrogens is 253 g/mol. The molecule has 2 aromatic rings. The summed E-state index contributed by atoms with van der Waals surface area (Å²) in [6, 6.07) is 6.29. The zero-order valence-electron chi connectivity index (χ0n) is 10.2. The van der Waals surface area contributed by atoms with Crippen LogP contribution in [0.3, 0.4) is 0 Å². The molecule has 0 unspecified atom stereocenters. The van der Waals surface area contributed by atoms with E-state index in [1.165, 1.54) is 12.1 Å². The molecule has 0 bridgehead atoms. The monoisotopic (exact) mass is 265 g/mol. The third kappa shape index (κ3) is 2.96. The fourth-order valence-electron chi connectivity index (χ4n) is 1.57. The molecule has 0 atom stereocenters. The fraction of sp³-hybridized carbons (Fsp3) is 0.231. The minimum Gasteiger partial charge on any atom is -0.340 e. The van der Waals surface area contributed by atoms with Crippen molar-refractivity contribution in [2.24, 2.45) is 0 Å². The smallest absolute Gasteiger partial charge is 0.141 e. The van der Waals surface area contributed by atoms with Crippen molar-refractivity contribution in [2.45, 2.75) is 20.3 Å². The minimum absolute atomic E-state index is 0.0847. The van der Waals surface area contributed by atoms with E-state index >= 15 is 0 Å². The number of halogens is 2. The van der Waals surface area contributed by atoms with E-state index < -0.39 is 5.82 Å². The van der Waals surface area contributed by atoms with E-state index in [9.17, 15) is 4.39 Å². The van der Waals surface area contributed by atoms with Crippen LogP contribution in [0.5, 0.6) is 0 Å². The summed E-state index contributed by atoms with van der Waals surface area (Å²) in [7, 11) is 0. The van der Waals surface area contributed by atoms with E-state index in [4.69, 9.17) is 11.6 Å². The molecule has 1 heterocycles. The first-order chi connectivity index (χ1) is 8.58. The lowest BCUT2D eigenvalue weighted by Crippen LogP contribution is -2.01. The minimum atomic E-state index is -0.435. The molecular formula is C13H13ClFN3. The summed E-state index contributed by atoms with van der Waals surface area (Å²) < 4.78 is 13.0. The van der Waals surface area contributed by atoms with Crippen LogP contribution >= 0.6 is 11.6 Å². The average molecular weight is 266 g/mol. The lowest BCUT2D eigenvalue weighted by atomic mass is 10.3. The quantitative estimate of drug-likeness (QED) is 0.915. The second-order valence-electron chi connectivity index (χ2n) is 3.92. The molecule has 1 aromatic carbocycles. The molecule has 1 aromatic heterocycles. The van der Waals surface area contributed by atoms with Crippen molar-refractivity contribution in [3.63, 3.8) is 0 Å². The Hall–Kier alpha value is -1.68. The van der Waals surface area contributed by atoms with Crippen LogP contribution in [-0.4, -0.2) is 9.97 Å². The van der Waals surface area contributed by atoms with E-state index in [0.29, 0.717) is 11.5 Å². The molecule has 2 rings (SSSR count). The molecule has 0 aliphatic carbocycles. The lowest BCUT2D eigenvalue weighted by molar-refractivity contribution is 0.628. The van der Waals surface area contributed by atoms with Crippen molar-refractivity contribution in [2.75, 3.05) is 5.32 Å². The summed E-state index contributed by atoms with van der Waals surface area (Å²) in [6.07, 6.45) is 0.764. The number of aromatic nitrogens is 2. The van der Waals surface area contributed by atoms with Crippen LogP contribution in [0.25, 0.3) is 0 Å².